The monoisotopic (exact) mass is 398 g/mol. The zero-order chi connectivity index (χ0) is 20.9. The van der Waals surface area contributed by atoms with E-state index in [0.29, 0.717) is 6.54 Å². The summed E-state index contributed by atoms with van der Waals surface area (Å²) in [5, 5.41) is 5.89. The average Bonchev–Trinajstić information content (AvgIpc) is 3.14. The standard InChI is InChI=1S/C26H26N2O2/c1-19(29)27-16-7-2-8-17-28-18-24(22-13-5-6-15-25(22)28)26(30)23-14-9-11-20-10-3-4-12-21(20)23/h3-6,9-15,18H,2,7-8,16-17H2,1H3,(H,27,29). The predicted molar refractivity (Wildman–Crippen MR) is 122 cm³/mol. The highest BCUT2D eigenvalue weighted by molar-refractivity contribution is 6.21. The van der Waals surface area contributed by atoms with Crippen LogP contribution in [-0.2, 0) is 11.3 Å². The fraction of sp³-hybridized carbons (Fsp3) is 0.231. The van der Waals surface area contributed by atoms with Gasteiger partial charge in [-0.1, -0.05) is 60.7 Å². The minimum Gasteiger partial charge on any atom is -0.356 e. The van der Waals surface area contributed by atoms with Crippen LogP contribution in [0.2, 0.25) is 0 Å². The van der Waals surface area contributed by atoms with Crippen LogP contribution in [0.1, 0.15) is 42.1 Å². The Morgan fingerprint density at radius 1 is 0.800 bits per heavy atom. The molecule has 4 nitrogen and oxygen atoms in total. The van der Waals surface area contributed by atoms with Crippen molar-refractivity contribution in [3.8, 4) is 0 Å². The van der Waals surface area contributed by atoms with Crippen molar-refractivity contribution < 1.29 is 9.59 Å². The van der Waals surface area contributed by atoms with Crippen molar-refractivity contribution in [2.45, 2.75) is 32.7 Å². The second-order valence-corrected chi connectivity index (χ2v) is 7.65. The van der Waals surface area contributed by atoms with E-state index in [9.17, 15) is 9.59 Å². The predicted octanol–water partition coefficient (Wildman–Crippen LogP) is 5.33. The van der Waals surface area contributed by atoms with E-state index in [1.807, 2.05) is 66.9 Å². The lowest BCUT2D eigenvalue weighted by Gasteiger charge is -2.06. The molecule has 4 heteroatoms. The summed E-state index contributed by atoms with van der Waals surface area (Å²) in [5.74, 6) is 0.0791. The number of ketones is 1. The number of nitrogens with zero attached hydrogens (tertiary/aromatic N) is 1. The molecule has 1 amide bonds. The van der Waals surface area contributed by atoms with Crippen molar-refractivity contribution in [3.05, 3.63) is 84.1 Å². The Kier molecular flexibility index (Phi) is 5.94. The van der Waals surface area contributed by atoms with Gasteiger partial charge in [0, 0.05) is 48.2 Å². The molecule has 0 atom stereocenters. The van der Waals surface area contributed by atoms with E-state index in [1.165, 1.54) is 0 Å². The molecule has 0 fully saturated rings. The number of aryl methyl sites for hydroxylation is 1. The van der Waals surface area contributed by atoms with Gasteiger partial charge in [-0.15, -0.1) is 0 Å². The highest BCUT2D eigenvalue weighted by Crippen LogP contribution is 2.27. The van der Waals surface area contributed by atoms with Crippen LogP contribution in [0.5, 0.6) is 0 Å². The Labute approximate surface area is 176 Å². The Hall–Kier alpha value is -3.40. The van der Waals surface area contributed by atoms with Gasteiger partial charge < -0.3 is 9.88 Å². The molecule has 0 aliphatic rings. The van der Waals surface area contributed by atoms with Crippen LogP contribution in [0.15, 0.2) is 72.9 Å². The summed E-state index contributed by atoms with van der Waals surface area (Å²) in [6.45, 7) is 3.11. The molecule has 4 aromatic rings. The lowest BCUT2D eigenvalue weighted by molar-refractivity contribution is -0.118. The number of fused-ring (bicyclic) bond motifs is 2. The zero-order valence-electron chi connectivity index (χ0n) is 17.2. The number of amides is 1. The quantitative estimate of drug-likeness (QED) is 0.322. The maximum absolute atomic E-state index is 13.5. The van der Waals surface area contributed by atoms with Crippen molar-refractivity contribution in [2.24, 2.45) is 0 Å². The highest BCUT2D eigenvalue weighted by atomic mass is 16.1. The first kappa shape index (κ1) is 19.9. The summed E-state index contributed by atoms with van der Waals surface area (Å²) in [5.41, 5.74) is 2.58. The molecule has 0 saturated carbocycles. The van der Waals surface area contributed by atoms with Crippen LogP contribution in [0.3, 0.4) is 0 Å². The largest absolute Gasteiger partial charge is 0.356 e. The van der Waals surface area contributed by atoms with E-state index >= 15 is 0 Å². The van der Waals surface area contributed by atoms with Crippen molar-refractivity contribution in [2.75, 3.05) is 6.54 Å². The summed E-state index contributed by atoms with van der Waals surface area (Å²) < 4.78 is 2.19. The van der Waals surface area contributed by atoms with E-state index in [0.717, 1.165) is 58.6 Å². The summed E-state index contributed by atoms with van der Waals surface area (Å²) >= 11 is 0. The van der Waals surface area contributed by atoms with Gasteiger partial charge in [0.05, 0.1) is 0 Å². The molecule has 152 valence electrons. The first-order valence-corrected chi connectivity index (χ1v) is 10.5. The summed E-state index contributed by atoms with van der Waals surface area (Å²) in [7, 11) is 0. The molecule has 1 N–H and O–H groups in total. The second kappa shape index (κ2) is 8.95. The number of carbonyl (C=O) groups excluding carboxylic acids is 2. The topological polar surface area (TPSA) is 51.1 Å². The fourth-order valence-electron chi connectivity index (χ4n) is 4.03. The van der Waals surface area contributed by atoms with Crippen LogP contribution >= 0.6 is 0 Å². The smallest absolute Gasteiger partial charge is 0.216 e. The third-order valence-electron chi connectivity index (χ3n) is 5.52. The first-order chi connectivity index (χ1) is 14.6. The van der Waals surface area contributed by atoms with Crippen molar-refractivity contribution in [1.29, 1.82) is 0 Å². The van der Waals surface area contributed by atoms with Gasteiger partial charge in [0.15, 0.2) is 5.78 Å². The Morgan fingerprint density at radius 2 is 1.53 bits per heavy atom. The third kappa shape index (κ3) is 4.13. The van der Waals surface area contributed by atoms with E-state index in [2.05, 4.69) is 16.0 Å². The Bertz CT molecular complexity index is 1200. The third-order valence-corrected chi connectivity index (χ3v) is 5.52. The molecular formula is C26H26N2O2. The summed E-state index contributed by atoms with van der Waals surface area (Å²) in [6.07, 6.45) is 4.99. The van der Waals surface area contributed by atoms with Crippen molar-refractivity contribution >= 4 is 33.4 Å². The minimum atomic E-state index is 0.0167. The molecule has 0 spiro atoms. The molecule has 3 aromatic carbocycles. The molecular weight excluding hydrogens is 372 g/mol. The number of benzene rings is 3. The number of hydrogen-bond donors (Lipinski definition) is 1. The molecule has 0 unspecified atom stereocenters. The average molecular weight is 399 g/mol. The maximum Gasteiger partial charge on any atom is 0.216 e. The first-order valence-electron chi connectivity index (χ1n) is 10.5. The van der Waals surface area contributed by atoms with E-state index in [-0.39, 0.29) is 11.7 Å². The number of para-hydroxylation sites is 1. The van der Waals surface area contributed by atoms with Gasteiger partial charge in [-0.3, -0.25) is 9.59 Å². The van der Waals surface area contributed by atoms with Crippen molar-refractivity contribution in [1.82, 2.24) is 9.88 Å². The van der Waals surface area contributed by atoms with Gasteiger partial charge >= 0.3 is 0 Å². The second-order valence-electron chi connectivity index (χ2n) is 7.65. The summed E-state index contributed by atoms with van der Waals surface area (Å²) in [6, 6.07) is 22.0. The molecule has 30 heavy (non-hydrogen) atoms. The maximum atomic E-state index is 13.5. The van der Waals surface area contributed by atoms with Gasteiger partial charge in [-0.2, -0.15) is 0 Å². The molecule has 1 aromatic heterocycles. The normalized spacial score (nSPS) is 11.1. The fourth-order valence-corrected chi connectivity index (χ4v) is 4.03. The van der Waals surface area contributed by atoms with Gasteiger partial charge in [0.1, 0.15) is 0 Å². The zero-order valence-corrected chi connectivity index (χ0v) is 17.2. The van der Waals surface area contributed by atoms with E-state index in [4.69, 9.17) is 0 Å². The number of rotatable bonds is 8. The lowest BCUT2D eigenvalue weighted by atomic mass is 9.97. The number of aromatic nitrogens is 1. The van der Waals surface area contributed by atoms with Crippen LogP contribution in [-0.4, -0.2) is 22.8 Å². The molecule has 0 aliphatic heterocycles. The number of carbonyl (C=O) groups is 2. The Balaban J connectivity index is 1.59. The SMILES string of the molecule is CC(=O)NCCCCCn1cc(C(=O)c2cccc3ccccc23)c2ccccc21. The van der Waals surface area contributed by atoms with Crippen molar-refractivity contribution in [3.63, 3.8) is 0 Å². The van der Waals surface area contributed by atoms with E-state index in [1.54, 1.807) is 6.92 Å². The Morgan fingerprint density at radius 3 is 2.37 bits per heavy atom. The van der Waals surface area contributed by atoms with Gasteiger partial charge in [0.25, 0.3) is 0 Å². The van der Waals surface area contributed by atoms with Crippen LogP contribution in [0.4, 0.5) is 0 Å². The minimum absolute atomic E-state index is 0.0167. The lowest BCUT2D eigenvalue weighted by Crippen LogP contribution is -2.20. The van der Waals surface area contributed by atoms with Crippen LogP contribution in [0, 0.1) is 0 Å². The molecule has 0 saturated heterocycles. The van der Waals surface area contributed by atoms with Gasteiger partial charge in [-0.25, -0.2) is 0 Å². The number of unbranched alkanes of at least 4 members (excludes halogenated alkanes) is 2. The molecule has 0 bridgehead atoms. The molecule has 0 radical (unpaired) electrons. The van der Waals surface area contributed by atoms with Gasteiger partial charge in [0.2, 0.25) is 5.91 Å². The molecule has 1 heterocycles. The van der Waals surface area contributed by atoms with E-state index < -0.39 is 0 Å². The molecule has 4 rings (SSSR count). The molecule has 0 aliphatic carbocycles. The van der Waals surface area contributed by atoms with Gasteiger partial charge in [-0.05, 0) is 36.1 Å². The van der Waals surface area contributed by atoms with Crippen LogP contribution in [0.25, 0.3) is 21.7 Å². The number of hydrogen-bond acceptors (Lipinski definition) is 2. The highest BCUT2D eigenvalue weighted by Gasteiger charge is 2.18. The van der Waals surface area contributed by atoms with Crippen LogP contribution < -0.4 is 5.32 Å². The summed E-state index contributed by atoms with van der Waals surface area (Å²) in [4.78, 5) is 24.5. The number of nitrogens with one attached hydrogen (secondary N) is 1.